The van der Waals surface area contributed by atoms with E-state index < -0.39 is 0 Å². The maximum atomic E-state index is 6.29. The summed E-state index contributed by atoms with van der Waals surface area (Å²) in [5.74, 6) is 1.36. The minimum absolute atomic E-state index is 0.564. The Bertz CT molecular complexity index is 447. The predicted octanol–water partition coefficient (Wildman–Crippen LogP) is 3.58. The lowest BCUT2D eigenvalue weighted by molar-refractivity contribution is 0.0924. The lowest BCUT2D eigenvalue weighted by Crippen LogP contribution is -2.57. The monoisotopic (exact) mass is 309 g/mol. The van der Waals surface area contributed by atoms with Crippen molar-refractivity contribution in [3.8, 4) is 0 Å². The van der Waals surface area contributed by atoms with Crippen LogP contribution < -0.4 is 5.32 Å². The number of hydrogen-bond donors (Lipinski definition) is 1. The van der Waals surface area contributed by atoms with Crippen LogP contribution in [0, 0.1) is 11.8 Å². The quantitative estimate of drug-likeness (QED) is 0.901. The molecule has 1 saturated heterocycles. The van der Waals surface area contributed by atoms with Crippen LogP contribution in [0.5, 0.6) is 0 Å². The first-order valence-corrected chi connectivity index (χ1v) is 8.41. The molecule has 118 valence electrons. The van der Waals surface area contributed by atoms with Crippen molar-refractivity contribution in [2.75, 3.05) is 13.1 Å². The summed E-state index contributed by atoms with van der Waals surface area (Å²) in [5.41, 5.74) is 1.19. The molecule has 1 fully saturated rings. The molecule has 1 N–H and O–H groups in total. The molecule has 0 amide bonds. The molecule has 1 aliphatic heterocycles. The number of halogens is 1. The molecule has 2 rings (SSSR count). The minimum Gasteiger partial charge on any atom is -0.311 e. The zero-order valence-electron chi connectivity index (χ0n) is 13.6. The Morgan fingerprint density at radius 3 is 2.76 bits per heavy atom. The van der Waals surface area contributed by atoms with Crippen LogP contribution >= 0.6 is 11.6 Å². The second kappa shape index (κ2) is 7.57. The van der Waals surface area contributed by atoms with Crippen molar-refractivity contribution < 1.29 is 0 Å². The van der Waals surface area contributed by atoms with Gasteiger partial charge in [0.05, 0.1) is 5.02 Å². The third kappa shape index (κ3) is 4.67. The highest BCUT2D eigenvalue weighted by Gasteiger charge is 2.29. The van der Waals surface area contributed by atoms with E-state index in [9.17, 15) is 0 Å². The highest BCUT2D eigenvalue weighted by molar-refractivity contribution is 6.31. The molecular formula is C17H28ClN3. The van der Waals surface area contributed by atoms with Gasteiger partial charge in [0.15, 0.2) is 0 Å². The summed E-state index contributed by atoms with van der Waals surface area (Å²) in [4.78, 5) is 6.69. The van der Waals surface area contributed by atoms with E-state index >= 15 is 0 Å². The standard InChI is InChI=1S/C17H28ClN3/c1-12(2)7-15-8-20-17(13(3)4)11-21(15)10-14-5-6-19-9-16(14)18/h5-6,9,12-13,15,17,20H,7-8,10-11H2,1-4H3. The van der Waals surface area contributed by atoms with Crippen LogP contribution in [0.2, 0.25) is 5.02 Å². The first-order chi connectivity index (χ1) is 9.97. The average molecular weight is 310 g/mol. The van der Waals surface area contributed by atoms with Gasteiger partial charge in [-0.1, -0.05) is 39.3 Å². The van der Waals surface area contributed by atoms with Gasteiger partial charge in [-0.15, -0.1) is 0 Å². The van der Waals surface area contributed by atoms with Crippen LogP contribution in [0.1, 0.15) is 39.7 Å². The summed E-state index contributed by atoms with van der Waals surface area (Å²) in [6.45, 7) is 12.3. The molecule has 0 saturated carbocycles. The molecule has 0 aromatic carbocycles. The Morgan fingerprint density at radius 2 is 2.14 bits per heavy atom. The highest BCUT2D eigenvalue weighted by Crippen LogP contribution is 2.23. The Kier molecular flexibility index (Phi) is 6.03. The van der Waals surface area contributed by atoms with Crippen LogP contribution in [0.15, 0.2) is 18.5 Å². The van der Waals surface area contributed by atoms with Crippen molar-refractivity contribution in [1.29, 1.82) is 0 Å². The fourth-order valence-corrected chi connectivity index (χ4v) is 3.23. The third-order valence-electron chi connectivity index (χ3n) is 4.34. The van der Waals surface area contributed by atoms with Gasteiger partial charge in [-0.2, -0.15) is 0 Å². The van der Waals surface area contributed by atoms with Gasteiger partial charge >= 0.3 is 0 Å². The van der Waals surface area contributed by atoms with E-state index in [0.717, 1.165) is 24.7 Å². The first kappa shape index (κ1) is 16.7. The zero-order valence-corrected chi connectivity index (χ0v) is 14.4. The number of aromatic nitrogens is 1. The van der Waals surface area contributed by atoms with E-state index in [-0.39, 0.29) is 0 Å². The van der Waals surface area contributed by atoms with E-state index in [1.54, 1.807) is 6.20 Å². The van der Waals surface area contributed by atoms with Crippen molar-refractivity contribution >= 4 is 11.6 Å². The van der Waals surface area contributed by atoms with Crippen molar-refractivity contribution in [3.05, 3.63) is 29.0 Å². The van der Waals surface area contributed by atoms with Gasteiger partial charge in [0.2, 0.25) is 0 Å². The van der Waals surface area contributed by atoms with E-state index in [1.807, 2.05) is 12.3 Å². The van der Waals surface area contributed by atoms with Crippen LogP contribution in [0.3, 0.4) is 0 Å². The van der Waals surface area contributed by atoms with Crippen LogP contribution in [-0.2, 0) is 6.54 Å². The second-order valence-corrected chi connectivity index (χ2v) is 7.35. The molecule has 0 aliphatic carbocycles. The van der Waals surface area contributed by atoms with Crippen molar-refractivity contribution in [1.82, 2.24) is 15.2 Å². The van der Waals surface area contributed by atoms with E-state index in [4.69, 9.17) is 11.6 Å². The molecule has 0 radical (unpaired) electrons. The molecule has 0 bridgehead atoms. The fourth-order valence-electron chi connectivity index (χ4n) is 3.05. The van der Waals surface area contributed by atoms with Gasteiger partial charge in [-0.05, 0) is 29.9 Å². The van der Waals surface area contributed by atoms with Gasteiger partial charge in [0.25, 0.3) is 0 Å². The number of nitrogens with zero attached hydrogens (tertiary/aromatic N) is 2. The van der Waals surface area contributed by atoms with Crippen LogP contribution in [-0.4, -0.2) is 35.1 Å². The van der Waals surface area contributed by atoms with E-state index in [2.05, 4.69) is 42.9 Å². The second-order valence-electron chi connectivity index (χ2n) is 6.94. The highest BCUT2D eigenvalue weighted by atomic mass is 35.5. The molecule has 1 aliphatic rings. The molecule has 0 spiro atoms. The summed E-state index contributed by atoms with van der Waals surface area (Å²) in [7, 11) is 0. The number of hydrogen-bond acceptors (Lipinski definition) is 3. The molecule has 2 atom stereocenters. The maximum absolute atomic E-state index is 6.29. The van der Waals surface area contributed by atoms with Crippen molar-refractivity contribution in [2.45, 2.75) is 52.7 Å². The minimum atomic E-state index is 0.564. The fraction of sp³-hybridized carbons (Fsp3) is 0.706. The third-order valence-corrected chi connectivity index (χ3v) is 4.68. The Labute approximate surface area is 134 Å². The lowest BCUT2D eigenvalue weighted by Gasteiger charge is -2.42. The molecule has 1 aromatic heterocycles. The van der Waals surface area contributed by atoms with Gasteiger partial charge in [-0.25, -0.2) is 0 Å². The van der Waals surface area contributed by atoms with E-state index in [1.165, 1.54) is 12.0 Å². The summed E-state index contributed by atoms with van der Waals surface area (Å²) < 4.78 is 0. The van der Waals surface area contributed by atoms with Crippen LogP contribution in [0.25, 0.3) is 0 Å². The SMILES string of the molecule is CC(C)CC1CNC(C(C)C)CN1Cc1ccncc1Cl. The summed E-state index contributed by atoms with van der Waals surface area (Å²) >= 11 is 6.29. The summed E-state index contributed by atoms with van der Waals surface area (Å²) in [6, 6.07) is 3.19. The number of nitrogens with one attached hydrogen (secondary N) is 1. The van der Waals surface area contributed by atoms with Gasteiger partial charge < -0.3 is 5.32 Å². The smallest absolute Gasteiger partial charge is 0.0634 e. The summed E-state index contributed by atoms with van der Waals surface area (Å²) in [5, 5.41) is 4.50. The molecule has 3 nitrogen and oxygen atoms in total. The van der Waals surface area contributed by atoms with Crippen LogP contribution in [0.4, 0.5) is 0 Å². The molecule has 2 unspecified atom stereocenters. The Balaban J connectivity index is 2.11. The number of rotatable bonds is 5. The largest absolute Gasteiger partial charge is 0.311 e. The Morgan fingerprint density at radius 1 is 1.38 bits per heavy atom. The maximum Gasteiger partial charge on any atom is 0.0634 e. The zero-order chi connectivity index (χ0) is 15.4. The predicted molar refractivity (Wildman–Crippen MR) is 89.5 cm³/mol. The molecule has 1 aromatic rings. The molecule has 2 heterocycles. The first-order valence-electron chi connectivity index (χ1n) is 8.03. The number of pyridine rings is 1. The lowest BCUT2D eigenvalue weighted by atomic mass is 9.94. The number of piperazine rings is 1. The topological polar surface area (TPSA) is 28.2 Å². The molecular weight excluding hydrogens is 282 g/mol. The van der Waals surface area contributed by atoms with Gasteiger partial charge in [-0.3, -0.25) is 9.88 Å². The van der Waals surface area contributed by atoms with Crippen molar-refractivity contribution in [2.24, 2.45) is 11.8 Å². The normalized spacial score (nSPS) is 24.0. The average Bonchev–Trinajstić information content (AvgIpc) is 2.42. The molecule has 21 heavy (non-hydrogen) atoms. The summed E-state index contributed by atoms with van der Waals surface area (Å²) in [6.07, 6.45) is 4.80. The van der Waals surface area contributed by atoms with Gasteiger partial charge in [0, 0.05) is 44.1 Å². The molecule has 4 heteroatoms. The Hall–Kier alpha value is -0.640. The van der Waals surface area contributed by atoms with Crippen molar-refractivity contribution in [3.63, 3.8) is 0 Å². The van der Waals surface area contributed by atoms with Gasteiger partial charge in [0.1, 0.15) is 0 Å². The van der Waals surface area contributed by atoms with E-state index in [0.29, 0.717) is 23.9 Å².